The minimum atomic E-state index is -2.92. The number of benzene rings is 17. The van der Waals surface area contributed by atoms with Gasteiger partial charge in [0.2, 0.25) is 0 Å². The van der Waals surface area contributed by atoms with Crippen LogP contribution in [0.25, 0.3) is 161 Å². The van der Waals surface area contributed by atoms with Gasteiger partial charge in [-0.3, -0.25) is 0 Å². The lowest BCUT2D eigenvalue weighted by atomic mass is 9.80. The summed E-state index contributed by atoms with van der Waals surface area (Å²) in [5, 5.41) is 17.9. The molecule has 2 aliphatic heterocycles. The van der Waals surface area contributed by atoms with E-state index in [4.69, 9.17) is 19.9 Å². The van der Waals surface area contributed by atoms with Gasteiger partial charge in [-0.2, -0.15) is 0 Å². The molecule has 0 atom stereocenters. The Morgan fingerprint density at radius 2 is 0.582 bits per heavy atom. The second-order valence-electron chi connectivity index (χ2n) is 32.9. The van der Waals surface area contributed by atoms with Crippen LogP contribution in [0, 0.1) is 0 Å². The predicted octanol–water partition coefficient (Wildman–Crippen LogP) is 21.9. The molecule has 9 heteroatoms. The molecule has 0 N–H and O–H groups in total. The van der Waals surface area contributed by atoms with Crippen molar-refractivity contribution in [2.45, 2.75) is 19.3 Å². The van der Waals surface area contributed by atoms with Crippen molar-refractivity contribution in [3.05, 3.63) is 442 Å². The molecule has 0 amide bonds. The number of nitrogens with zero attached hydrogens (tertiary/aromatic N) is 7. The Bertz CT molecular complexity index is 7880. The summed E-state index contributed by atoms with van der Waals surface area (Å²) in [6.07, 6.45) is 0. The van der Waals surface area contributed by atoms with Crippen molar-refractivity contribution in [1.29, 1.82) is 0 Å². The summed E-state index contributed by atoms with van der Waals surface area (Å²) in [7, 11) is -5.82. The summed E-state index contributed by atoms with van der Waals surface area (Å²) >= 11 is 0. The molecule has 122 heavy (non-hydrogen) atoms. The average Bonchev–Trinajstić information content (AvgIpc) is 1.53. The van der Waals surface area contributed by atoms with E-state index in [9.17, 15) is 0 Å². The Labute approximate surface area is 708 Å². The molecule has 5 aromatic heterocycles. The summed E-state index contributed by atoms with van der Waals surface area (Å²) < 4.78 is 7.34. The highest BCUT2D eigenvalue weighted by Crippen LogP contribution is 2.54. The topological polar surface area (TPSA) is 66.3 Å². The van der Waals surface area contributed by atoms with Gasteiger partial charge in [0.05, 0.1) is 67.3 Å². The first-order chi connectivity index (χ1) is 60.4. The Balaban J connectivity index is 0.000000138. The standard InChI is InChI=1S/C58H38N4Si.C55H39N3Si/c1-5-21-39(22-6-1)54-57-55(47-32-16-20-36-52(47)63(57,41-25-9-3-10-26-41)42-27-11-4-12-28-42)60-58(59-54)46-31-15-19-35-50(46)62-49-34-18-14-30-45(49)53-51(62)38-37-44-43-29-13-17-33-48(43)61(56(44)53)40-23-7-2-8-24-40;1-55(2)44-30-16-12-26-39(44)40-34-35-47-49(50(40)55)41-27-13-17-31-45(41)58(47)46-32-18-14-28-42(46)54-56-51(36-20-6-3-7-21-36)53-52(57-54)43-29-15-19-33-48(43)59(53,37-22-8-4-9-23-37)38-24-10-5-11-25-38/h1-38H;3-35H,1-2H3. The van der Waals surface area contributed by atoms with Gasteiger partial charge < -0.3 is 13.7 Å². The van der Waals surface area contributed by atoms with Gasteiger partial charge in [-0.15, -0.1) is 0 Å². The van der Waals surface area contributed by atoms with Crippen LogP contribution < -0.4 is 41.5 Å². The van der Waals surface area contributed by atoms with Crippen molar-refractivity contribution in [3.63, 3.8) is 0 Å². The Kier molecular flexibility index (Phi) is 16.2. The quantitative estimate of drug-likeness (QED) is 0.121. The maximum absolute atomic E-state index is 5.78. The third kappa shape index (κ3) is 10.3. The minimum Gasteiger partial charge on any atom is -0.309 e. The van der Waals surface area contributed by atoms with Crippen LogP contribution in [-0.2, 0) is 5.41 Å². The molecule has 0 bridgehead atoms. The molecule has 22 aromatic rings. The van der Waals surface area contributed by atoms with Gasteiger partial charge in [-0.1, -0.05) is 378 Å². The van der Waals surface area contributed by atoms with Gasteiger partial charge >= 0.3 is 0 Å². The zero-order valence-electron chi connectivity index (χ0n) is 67.1. The Hall–Kier alpha value is -15.3. The van der Waals surface area contributed by atoms with E-state index in [1.807, 2.05) is 0 Å². The largest absolute Gasteiger partial charge is 0.309 e. The maximum atomic E-state index is 5.78. The second kappa shape index (κ2) is 27.9. The lowest BCUT2D eigenvalue weighted by Crippen LogP contribution is -2.73. The molecule has 572 valence electrons. The van der Waals surface area contributed by atoms with Crippen molar-refractivity contribution < 1.29 is 0 Å². The molecule has 7 nitrogen and oxygen atoms in total. The predicted molar refractivity (Wildman–Crippen MR) is 512 cm³/mol. The molecule has 7 heterocycles. The van der Waals surface area contributed by atoms with Crippen molar-refractivity contribution in [3.8, 4) is 96.0 Å². The molecule has 0 radical (unpaired) electrons. The molecule has 25 rings (SSSR count). The van der Waals surface area contributed by atoms with E-state index < -0.39 is 16.1 Å². The maximum Gasteiger partial charge on any atom is 0.185 e. The number of aromatic nitrogens is 7. The zero-order valence-corrected chi connectivity index (χ0v) is 69.1. The van der Waals surface area contributed by atoms with E-state index in [1.54, 1.807) is 0 Å². The molecular weight excluding hydrogens is 1510 g/mol. The Morgan fingerprint density at radius 1 is 0.238 bits per heavy atom. The lowest BCUT2D eigenvalue weighted by Gasteiger charge is -2.32. The fourth-order valence-corrected chi connectivity index (χ4v) is 31.9. The first-order valence-corrected chi connectivity index (χ1v) is 46.1. The van der Waals surface area contributed by atoms with Crippen LogP contribution in [0.1, 0.15) is 25.0 Å². The molecule has 1 aliphatic carbocycles. The van der Waals surface area contributed by atoms with Crippen molar-refractivity contribution >= 4 is 123 Å². The monoisotopic (exact) mass is 1590 g/mol. The van der Waals surface area contributed by atoms with E-state index in [0.717, 1.165) is 78.9 Å². The first-order valence-electron chi connectivity index (χ1n) is 42.1. The van der Waals surface area contributed by atoms with Crippen molar-refractivity contribution in [2.24, 2.45) is 0 Å². The van der Waals surface area contributed by atoms with Crippen LogP contribution >= 0.6 is 0 Å². The zero-order chi connectivity index (χ0) is 80.8. The van der Waals surface area contributed by atoms with Crippen LogP contribution in [0.4, 0.5) is 0 Å². The van der Waals surface area contributed by atoms with Crippen molar-refractivity contribution in [2.75, 3.05) is 0 Å². The molecule has 0 saturated carbocycles. The van der Waals surface area contributed by atoms with E-state index in [2.05, 4.69) is 458 Å². The summed E-state index contributed by atoms with van der Waals surface area (Å²) in [5.41, 5.74) is 26.0. The van der Waals surface area contributed by atoms with Crippen molar-refractivity contribution in [1.82, 2.24) is 33.6 Å². The van der Waals surface area contributed by atoms with Gasteiger partial charge in [0, 0.05) is 87.2 Å². The first kappa shape index (κ1) is 70.9. The van der Waals surface area contributed by atoms with Gasteiger partial charge in [-0.05, 0) is 120 Å². The number of rotatable bonds is 11. The van der Waals surface area contributed by atoms with Crippen LogP contribution in [0.15, 0.2) is 431 Å². The molecule has 0 saturated heterocycles. The van der Waals surface area contributed by atoms with Gasteiger partial charge in [0.25, 0.3) is 0 Å². The number of para-hydroxylation sites is 6. The third-order valence-corrected chi connectivity index (χ3v) is 36.0. The smallest absolute Gasteiger partial charge is 0.185 e. The highest BCUT2D eigenvalue weighted by Gasteiger charge is 2.54. The number of hydrogen-bond acceptors (Lipinski definition) is 4. The van der Waals surface area contributed by atoms with E-state index in [1.165, 1.54) is 129 Å². The van der Waals surface area contributed by atoms with E-state index in [0.29, 0.717) is 5.82 Å². The third-order valence-electron chi connectivity index (χ3n) is 26.3. The number of fused-ring (bicyclic) bond motifs is 20. The summed E-state index contributed by atoms with van der Waals surface area (Å²) in [6, 6.07) is 157. The summed E-state index contributed by atoms with van der Waals surface area (Å²) in [5.74, 6) is 1.42. The van der Waals surface area contributed by atoms with Gasteiger partial charge in [0.15, 0.2) is 27.8 Å². The second-order valence-corrected chi connectivity index (χ2v) is 40.2. The van der Waals surface area contributed by atoms with E-state index >= 15 is 0 Å². The molecule has 17 aromatic carbocycles. The lowest BCUT2D eigenvalue weighted by molar-refractivity contribution is 0.666. The van der Waals surface area contributed by atoms with Crippen LogP contribution in [0.5, 0.6) is 0 Å². The fourth-order valence-electron chi connectivity index (χ4n) is 21.4. The average molecular weight is 1590 g/mol. The van der Waals surface area contributed by atoms with Crippen LogP contribution in [-0.4, -0.2) is 49.8 Å². The van der Waals surface area contributed by atoms with Crippen LogP contribution in [0.3, 0.4) is 0 Å². The molecule has 3 aliphatic rings. The summed E-state index contributed by atoms with van der Waals surface area (Å²) in [4.78, 5) is 23.1. The van der Waals surface area contributed by atoms with Crippen LogP contribution in [0.2, 0.25) is 0 Å². The molecule has 0 fully saturated rings. The van der Waals surface area contributed by atoms with E-state index in [-0.39, 0.29) is 5.41 Å². The molecular formula is C113H77N7Si2. The highest BCUT2D eigenvalue weighted by atomic mass is 28.3. The SMILES string of the molecule is CC1(C)c2ccccc2-c2ccc3c(c21)c1ccccc1n3-c1ccccc1-c1nc(-c2ccccc2)c2c(n1)-c1ccccc1[Si]2(c1ccccc1)c1ccccc1.c1ccc(-c2nc(-c3ccccc3-n3c4ccccc4c4c3ccc3c5ccccc5n(-c5ccccc5)c34)nc3c2[Si](c2ccccc2)(c2ccccc2)c2ccccc2-3)cc1. The number of hydrogen-bond donors (Lipinski definition) is 0. The molecule has 0 unspecified atom stereocenters. The molecule has 0 spiro atoms. The van der Waals surface area contributed by atoms with Gasteiger partial charge in [0.1, 0.15) is 0 Å². The minimum absolute atomic E-state index is 0.158. The van der Waals surface area contributed by atoms with Gasteiger partial charge in [-0.25, -0.2) is 19.9 Å². The fraction of sp³-hybridized carbons (Fsp3) is 0.0265. The summed E-state index contributed by atoms with van der Waals surface area (Å²) in [6.45, 7) is 4.76. The normalized spacial score (nSPS) is 13.5. The Morgan fingerprint density at radius 3 is 1.06 bits per heavy atom. The highest BCUT2D eigenvalue weighted by molar-refractivity contribution is 7.23.